The third-order valence-corrected chi connectivity index (χ3v) is 4.88. The van der Waals surface area contributed by atoms with Crippen LogP contribution in [0.3, 0.4) is 0 Å². The summed E-state index contributed by atoms with van der Waals surface area (Å²) in [6.45, 7) is 5.98. The number of nitrogens with zero attached hydrogens (tertiary/aromatic N) is 3. The molecule has 0 saturated carbocycles. The van der Waals surface area contributed by atoms with Crippen molar-refractivity contribution < 1.29 is 9.59 Å². The minimum Gasteiger partial charge on any atom is -0.360 e. The number of H-pyrrole nitrogens is 1. The molecule has 3 N–H and O–H groups in total. The lowest BCUT2D eigenvalue weighted by molar-refractivity contribution is 0.0842. The van der Waals surface area contributed by atoms with Crippen LogP contribution in [-0.2, 0) is 0 Å². The molecule has 30 heavy (non-hydrogen) atoms. The molecule has 8 heteroatoms. The molecule has 4 rings (SSSR count). The number of carbonyl (C=O) groups excluding carboxylic acids is 2. The second kappa shape index (κ2) is 7.82. The van der Waals surface area contributed by atoms with Crippen molar-refractivity contribution in [3.05, 3.63) is 77.5 Å². The second-order valence-corrected chi connectivity index (χ2v) is 7.26. The fourth-order valence-electron chi connectivity index (χ4n) is 3.38. The lowest BCUT2D eigenvalue weighted by Crippen LogP contribution is -2.42. The van der Waals surface area contributed by atoms with Crippen LogP contribution in [0.15, 0.2) is 54.7 Å². The molecule has 0 aliphatic carbocycles. The Morgan fingerprint density at radius 2 is 1.70 bits per heavy atom. The lowest BCUT2D eigenvalue weighted by atomic mass is 10.0. The van der Waals surface area contributed by atoms with Crippen molar-refractivity contribution in [2.24, 2.45) is 0 Å². The van der Waals surface area contributed by atoms with Crippen molar-refractivity contribution in [1.82, 2.24) is 30.6 Å². The number of para-hydroxylation sites is 2. The Labute approximate surface area is 173 Å². The first-order chi connectivity index (χ1) is 14.5. The van der Waals surface area contributed by atoms with E-state index in [-0.39, 0.29) is 11.7 Å². The van der Waals surface area contributed by atoms with E-state index in [4.69, 9.17) is 0 Å². The summed E-state index contributed by atoms with van der Waals surface area (Å²) in [5, 5.41) is 5.12. The van der Waals surface area contributed by atoms with Gasteiger partial charge in [-0.15, -0.1) is 5.10 Å². The Bertz CT molecular complexity index is 1240. The zero-order chi connectivity index (χ0) is 21.3. The number of aryl methyl sites for hydroxylation is 1. The summed E-state index contributed by atoms with van der Waals surface area (Å²) in [5.41, 5.74) is 8.07. The van der Waals surface area contributed by atoms with Gasteiger partial charge >= 0.3 is 5.91 Å². The highest BCUT2D eigenvalue weighted by atomic mass is 16.2. The van der Waals surface area contributed by atoms with E-state index in [2.05, 4.69) is 39.8 Å². The van der Waals surface area contributed by atoms with Crippen molar-refractivity contribution >= 4 is 22.7 Å². The largest absolute Gasteiger partial charge is 0.360 e. The van der Waals surface area contributed by atoms with Gasteiger partial charge in [-0.1, -0.05) is 50.2 Å². The van der Waals surface area contributed by atoms with Gasteiger partial charge in [0.25, 0.3) is 5.91 Å². The quantitative estimate of drug-likeness (QED) is 0.456. The van der Waals surface area contributed by atoms with Crippen LogP contribution in [0.5, 0.6) is 0 Å². The Morgan fingerprint density at radius 3 is 2.50 bits per heavy atom. The van der Waals surface area contributed by atoms with E-state index in [0.29, 0.717) is 11.4 Å². The first-order valence-electron chi connectivity index (χ1n) is 9.65. The van der Waals surface area contributed by atoms with Crippen LogP contribution in [0.4, 0.5) is 0 Å². The molecule has 0 atom stereocenters. The van der Waals surface area contributed by atoms with Crippen molar-refractivity contribution in [3.8, 4) is 5.69 Å². The molecule has 8 nitrogen and oxygen atoms in total. The Morgan fingerprint density at radius 1 is 1.00 bits per heavy atom. The predicted molar refractivity (Wildman–Crippen MR) is 113 cm³/mol. The smallest absolute Gasteiger partial charge is 0.309 e. The molecule has 0 bridgehead atoms. The summed E-state index contributed by atoms with van der Waals surface area (Å²) in [5.74, 6) is -0.173. The number of benzene rings is 2. The molecular formula is C22H22N6O2. The second-order valence-electron chi connectivity index (χ2n) is 7.26. The van der Waals surface area contributed by atoms with Crippen LogP contribution in [0, 0.1) is 6.92 Å². The van der Waals surface area contributed by atoms with Gasteiger partial charge < -0.3 is 4.98 Å². The first kappa shape index (κ1) is 19.4. The third kappa shape index (κ3) is 3.55. The van der Waals surface area contributed by atoms with E-state index < -0.39 is 11.8 Å². The zero-order valence-electron chi connectivity index (χ0n) is 16.9. The van der Waals surface area contributed by atoms with E-state index in [1.165, 1.54) is 0 Å². The predicted octanol–water partition coefficient (Wildman–Crippen LogP) is 3.26. The van der Waals surface area contributed by atoms with Gasteiger partial charge in [-0.2, -0.15) is 0 Å². The fraction of sp³-hybridized carbons (Fsp3) is 0.182. The molecule has 0 spiro atoms. The van der Waals surface area contributed by atoms with Gasteiger partial charge in [0.15, 0.2) is 0 Å². The highest BCUT2D eigenvalue weighted by Gasteiger charge is 2.19. The molecule has 2 amide bonds. The Balaban J connectivity index is 1.51. The Hall–Kier alpha value is -3.94. The summed E-state index contributed by atoms with van der Waals surface area (Å²) in [4.78, 5) is 32.3. The van der Waals surface area contributed by atoms with Crippen LogP contribution in [0.25, 0.3) is 16.6 Å². The van der Waals surface area contributed by atoms with Crippen LogP contribution in [0.1, 0.15) is 52.1 Å². The monoisotopic (exact) mass is 402 g/mol. The van der Waals surface area contributed by atoms with Gasteiger partial charge in [0, 0.05) is 17.1 Å². The molecule has 2 heterocycles. The minimum absolute atomic E-state index is 0.0229. The molecule has 152 valence electrons. The summed E-state index contributed by atoms with van der Waals surface area (Å²) in [6, 6.07) is 15.3. The number of hydrazine groups is 1. The molecule has 0 fully saturated rings. The third-order valence-electron chi connectivity index (χ3n) is 4.88. The van der Waals surface area contributed by atoms with E-state index >= 15 is 0 Å². The molecular weight excluding hydrogens is 380 g/mol. The maximum Gasteiger partial charge on any atom is 0.309 e. The van der Waals surface area contributed by atoms with E-state index in [9.17, 15) is 9.59 Å². The number of nitrogens with one attached hydrogen (secondary N) is 3. The minimum atomic E-state index is -0.591. The topological polar surface area (TPSA) is 105 Å². The summed E-state index contributed by atoms with van der Waals surface area (Å²) in [7, 11) is 0. The molecule has 4 aromatic rings. The highest BCUT2D eigenvalue weighted by molar-refractivity contribution is 6.07. The average molecular weight is 402 g/mol. The number of aromatic amines is 1. The van der Waals surface area contributed by atoms with Gasteiger partial charge in [0.1, 0.15) is 5.82 Å². The number of fused-ring (bicyclic) bond motifs is 1. The number of hydrogen-bond donors (Lipinski definition) is 3. The van der Waals surface area contributed by atoms with Crippen LogP contribution in [-0.4, -0.2) is 31.6 Å². The molecule has 0 aliphatic heterocycles. The standard InChI is InChI=1S/C22H22N6O2/c1-13(2)15-8-5-7-11-19(15)28-14(3)24-20(27-28)22(30)26-25-21(29)17-12-23-18-10-6-4-9-16(17)18/h4-13,23H,1-3H3,(H,25,29)(H,26,30). The van der Waals surface area contributed by atoms with E-state index in [0.717, 1.165) is 22.2 Å². The van der Waals surface area contributed by atoms with Gasteiger partial charge in [0.2, 0.25) is 5.82 Å². The fourth-order valence-corrected chi connectivity index (χ4v) is 3.38. The Kier molecular flexibility index (Phi) is 5.05. The van der Waals surface area contributed by atoms with Crippen molar-refractivity contribution in [2.75, 3.05) is 0 Å². The maximum atomic E-state index is 12.5. The van der Waals surface area contributed by atoms with E-state index in [1.54, 1.807) is 17.8 Å². The molecule has 0 saturated heterocycles. The van der Waals surface area contributed by atoms with Gasteiger partial charge in [-0.3, -0.25) is 20.4 Å². The number of aromatic nitrogens is 4. The maximum absolute atomic E-state index is 12.5. The summed E-state index contributed by atoms with van der Waals surface area (Å²) in [6.07, 6.45) is 1.60. The molecule has 2 aromatic carbocycles. The van der Waals surface area contributed by atoms with Gasteiger partial charge in [-0.25, -0.2) is 9.67 Å². The van der Waals surface area contributed by atoms with E-state index in [1.807, 2.05) is 48.5 Å². The summed E-state index contributed by atoms with van der Waals surface area (Å²) >= 11 is 0. The number of amides is 2. The van der Waals surface area contributed by atoms with Gasteiger partial charge in [-0.05, 0) is 30.5 Å². The molecule has 2 aromatic heterocycles. The SMILES string of the molecule is Cc1nc(C(=O)NNC(=O)c2c[nH]c3ccccc23)nn1-c1ccccc1C(C)C. The number of rotatable bonds is 4. The van der Waals surface area contributed by atoms with Crippen molar-refractivity contribution in [2.45, 2.75) is 26.7 Å². The van der Waals surface area contributed by atoms with Crippen molar-refractivity contribution in [3.63, 3.8) is 0 Å². The lowest BCUT2D eigenvalue weighted by Gasteiger charge is -2.12. The molecule has 0 radical (unpaired) electrons. The van der Waals surface area contributed by atoms with Crippen LogP contribution in [0.2, 0.25) is 0 Å². The van der Waals surface area contributed by atoms with Gasteiger partial charge in [0.05, 0.1) is 11.3 Å². The number of carbonyl (C=O) groups is 2. The van der Waals surface area contributed by atoms with Crippen molar-refractivity contribution in [1.29, 1.82) is 0 Å². The zero-order valence-corrected chi connectivity index (χ0v) is 16.9. The number of hydrogen-bond acceptors (Lipinski definition) is 4. The van der Waals surface area contributed by atoms with Crippen LogP contribution >= 0.6 is 0 Å². The average Bonchev–Trinajstić information content (AvgIpc) is 3.35. The first-order valence-corrected chi connectivity index (χ1v) is 9.65. The normalized spacial score (nSPS) is 11.1. The molecule has 0 aliphatic rings. The summed E-state index contributed by atoms with van der Waals surface area (Å²) < 4.78 is 1.64. The van der Waals surface area contributed by atoms with Crippen LogP contribution < -0.4 is 10.9 Å². The highest BCUT2D eigenvalue weighted by Crippen LogP contribution is 2.23. The molecule has 0 unspecified atom stereocenters.